The van der Waals surface area contributed by atoms with Crippen molar-refractivity contribution in [1.29, 1.82) is 0 Å². The van der Waals surface area contributed by atoms with E-state index in [2.05, 4.69) is 177 Å². The number of rotatable bonds is 5. The number of aromatic nitrogens is 3. The second kappa shape index (κ2) is 13.8. The van der Waals surface area contributed by atoms with Gasteiger partial charge in [0.25, 0.3) is 0 Å². The Bertz CT molecular complexity index is 3530. The lowest BCUT2D eigenvalue weighted by molar-refractivity contribution is 0.669. The minimum Gasteiger partial charge on any atom is -0.456 e. The average Bonchev–Trinajstić information content (AvgIpc) is 3.98. The van der Waals surface area contributed by atoms with Crippen molar-refractivity contribution >= 4 is 33.1 Å². The molecule has 0 fully saturated rings. The molecule has 0 N–H and O–H groups in total. The molecular weight excluding hydrogens is 767 g/mol. The third kappa shape index (κ3) is 5.31. The van der Waals surface area contributed by atoms with Gasteiger partial charge in [0, 0.05) is 27.5 Å². The van der Waals surface area contributed by atoms with E-state index in [0.29, 0.717) is 23.4 Å². The second-order valence-electron chi connectivity index (χ2n) is 17.1. The van der Waals surface area contributed by atoms with Crippen LogP contribution in [-0.2, 0) is 5.41 Å². The van der Waals surface area contributed by atoms with E-state index in [0.717, 1.165) is 56.2 Å². The standard InChI is InChI=1S/C59H39N3O/c1-36-32-47(55-49(33-36)44-23-9-13-28-52(44)59(55)50-26-11-7-21-42(50)43-22-8-12-27-51(43)59)38-18-15-19-40(34-38)57-60-56(37-16-3-2-4-17-37)61-58(62-57)46-25-6-5-20-41(46)39-30-31-54-48(35-39)45-24-10-14-29-53(45)63-54/h2-31,33-36H,32H2,1H3. The van der Waals surface area contributed by atoms with Crippen LogP contribution >= 0.6 is 0 Å². The fourth-order valence-corrected chi connectivity index (χ4v) is 10.9. The Balaban J connectivity index is 1.01. The molecule has 0 aliphatic heterocycles. The van der Waals surface area contributed by atoms with E-state index >= 15 is 0 Å². The van der Waals surface area contributed by atoms with Crippen LogP contribution in [0.3, 0.4) is 0 Å². The summed E-state index contributed by atoms with van der Waals surface area (Å²) in [4.78, 5) is 15.8. The molecule has 0 saturated heterocycles. The number of hydrogen-bond donors (Lipinski definition) is 0. The Morgan fingerprint density at radius 2 is 0.984 bits per heavy atom. The molecule has 1 spiro atoms. The molecule has 2 heterocycles. The summed E-state index contributed by atoms with van der Waals surface area (Å²) in [5.74, 6) is 2.25. The summed E-state index contributed by atoms with van der Waals surface area (Å²) >= 11 is 0. The molecule has 3 aliphatic carbocycles. The second-order valence-corrected chi connectivity index (χ2v) is 17.1. The largest absolute Gasteiger partial charge is 0.456 e. The Kier molecular flexibility index (Phi) is 7.83. The molecule has 0 saturated carbocycles. The maximum atomic E-state index is 6.21. The highest BCUT2D eigenvalue weighted by Gasteiger charge is 2.55. The van der Waals surface area contributed by atoms with E-state index in [1.54, 1.807) is 0 Å². The van der Waals surface area contributed by atoms with E-state index in [9.17, 15) is 0 Å². The third-order valence-electron chi connectivity index (χ3n) is 13.5. The van der Waals surface area contributed by atoms with Gasteiger partial charge in [-0.1, -0.05) is 183 Å². The number of benzene rings is 8. The van der Waals surface area contributed by atoms with Crippen LogP contribution in [0.2, 0.25) is 0 Å². The lowest BCUT2D eigenvalue weighted by atomic mass is 9.66. The smallest absolute Gasteiger partial charge is 0.164 e. The lowest BCUT2D eigenvalue weighted by Crippen LogP contribution is -2.28. The molecule has 63 heavy (non-hydrogen) atoms. The van der Waals surface area contributed by atoms with Gasteiger partial charge in [0.2, 0.25) is 0 Å². The zero-order valence-electron chi connectivity index (χ0n) is 34.6. The van der Waals surface area contributed by atoms with Crippen molar-refractivity contribution in [3.63, 3.8) is 0 Å². The van der Waals surface area contributed by atoms with E-state index in [1.807, 2.05) is 30.3 Å². The summed E-state index contributed by atoms with van der Waals surface area (Å²) in [6, 6.07) is 69.4. The molecule has 4 nitrogen and oxygen atoms in total. The van der Waals surface area contributed by atoms with E-state index in [4.69, 9.17) is 19.4 Å². The van der Waals surface area contributed by atoms with Crippen LogP contribution in [0.5, 0.6) is 0 Å². The molecule has 0 bridgehead atoms. The molecule has 0 radical (unpaired) electrons. The zero-order valence-corrected chi connectivity index (χ0v) is 34.6. The van der Waals surface area contributed by atoms with Crippen LogP contribution in [0, 0.1) is 5.92 Å². The van der Waals surface area contributed by atoms with E-state index in [1.165, 1.54) is 55.7 Å². The van der Waals surface area contributed by atoms with Gasteiger partial charge >= 0.3 is 0 Å². The fraction of sp³-hybridized carbons (Fsp3) is 0.0678. The Morgan fingerprint density at radius 1 is 0.429 bits per heavy atom. The molecular formula is C59H39N3O. The topological polar surface area (TPSA) is 51.8 Å². The van der Waals surface area contributed by atoms with Crippen molar-refractivity contribution in [3.05, 3.63) is 234 Å². The molecule has 3 aliphatic rings. The van der Waals surface area contributed by atoms with Crippen LogP contribution in [0.25, 0.3) is 89.5 Å². The Labute approximate surface area is 365 Å². The summed E-state index contributed by atoms with van der Waals surface area (Å²) in [5, 5.41) is 2.18. The number of para-hydroxylation sites is 1. The Morgan fingerprint density at radius 3 is 1.75 bits per heavy atom. The highest BCUT2D eigenvalue weighted by atomic mass is 16.3. The summed E-state index contributed by atoms with van der Waals surface area (Å²) in [6.07, 6.45) is 3.44. The molecule has 0 amide bonds. The summed E-state index contributed by atoms with van der Waals surface area (Å²) < 4.78 is 6.21. The summed E-state index contributed by atoms with van der Waals surface area (Å²) in [7, 11) is 0. The normalized spacial score (nSPS) is 15.6. The van der Waals surface area contributed by atoms with Gasteiger partial charge in [0.05, 0.1) is 5.41 Å². The lowest BCUT2D eigenvalue weighted by Gasteiger charge is -2.35. The van der Waals surface area contributed by atoms with Crippen LogP contribution in [0.4, 0.5) is 0 Å². The molecule has 13 rings (SSSR count). The number of fused-ring (bicyclic) bond motifs is 13. The van der Waals surface area contributed by atoms with Gasteiger partial charge in [-0.25, -0.2) is 15.0 Å². The molecule has 296 valence electrons. The highest BCUT2D eigenvalue weighted by molar-refractivity contribution is 6.07. The first-order valence-electron chi connectivity index (χ1n) is 21.8. The van der Waals surface area contributed by atoms with Gasteiger partial charge in [-0.3, -0.25) is 0 Å². The van der Waals surface area contributed by atoms with Crippen molar-refractivity contribution in [1.82, 2.24) is 15.0 Å². The van der Waals surface area contributed by atoms with Crippen LogP contribution in [0.15, 0.2) is 210 Å². The van der Waals surface area contributed by atoms with Crippen molar-refractivity contribution in [2.45, 2.75) is 18.8 Å². The van der Waals surface area contributed by atoms with Crippen molar-refractivity contribution < 1.29 is 4.42 Å². The Hall–Kier alpha value is -7.95. The minimum absolute atomic E-state index is 0.349. The van der Waals surface area contributed by atoms with Crippen molar-refractivity contribution in [2.24, 2.45) is 5.92 Å². The maximum Gasteiger partial charge on any atom is 0.164 e. The van der Waals surface area contributed by atoms with Crippen molar-refractivity contribution in [2.75, 3.05) is 0 Å². The minimum atomic E-state index is -0.433. The predicted octanol–water partition coefficient (Wildman–Crippen LogP) is 14.6. The van der Waals surface area contributed by atoms with Crippen molar-refractivity contribution in [3.8, 4) is 56.4 Å². The molecule has 10 aromatic rings. The van der Waals surface area contributed by atoms with Gasteiger partial charge in [0.1, 0.15) is 11.2 Å². The predicted molar refractivity (Wildman–Crippen MR) is 256 cm³/mol. The van der Waals surface area contributed by atoms with Crippen LogP contribution in [-0.4, -0.2) is 15.0 Å². The summed E-state index contributed by atoms with van der Waals surface area (Å²) in [5.41, 5.74) is 19.6. The van der Waals surface area contributed by atoms with E-state index < -0.39 is 5.41 Å². The van der Waals surface area contributed by atoms with Gasteiger partial charge in [-0.15, -0.1) is 0 Å². The first-order chi connectivity index (χ1) is 31.1. The monoisotopic (exact) mass is 805 g/mol. The van der Waals surface area contributed by atoms with Crippen LogP contribution in [0.1, 0.15) is 41.2 Å². The van der Waals surface area contributed by atoms with Gasteiger partial charge in [0.15, 0.2) is 17.5 Å². The average molecular weight is 806 g/mol. The van der Waals surface area contributed by atoms with Crippen LogP contribution < -0.4 is 0 Å². The number of nitrogens with zero attached hydrogens (tertiary/aromatic N) is 3. The highest BCUT2D eigenvalue weighted by Crippen LogP contribution is 2.66. The molecule has 1 atom stereocenters. The van der Waals surface area contributed by atoms with Gasteiger partial charge in [-0.05, 0) is 103 Å². The van der Waals surface area contributed by atoms with Gasteiger partial charge < -0.3 is 4.42 Å². The quantitative estimate of drug-likeness (QED) is 0.174. The molecule has 4 heteroatoms. The zero-order chi connectivity index (χ0) is 41.6. The number of allylic oxidation sites excluding steroid dienone is 4. The number of furan rings is 1. The number of hydrogen-bond acceptors (Lipinski definition) is 4. The first-order valence-corrected chi connectivity index (χ1v) is 21.8. The maximum absolute atomic E-state index is 6.21. The molecule has 2 aromatic heterocycles. The van der Waals surface area contributed by atoms with Gasteiger partial charge in [-0.2, -0.15) is 0 Å². The fourth-order valence-electron chi connectivity index (χ4n) is 10.9. The SMILES string of the molecule is CC1C=C2C(=C(c3cccc(-c4nc(-c5ccccc5)nc(-c5ccccc5-c5ccc6oc7ccccc7c6c5)n4)c3)C1)C1(c3ccccc32)c2ccccc2-c2ccccc21. The third-order valence-corrected chi connectivity index (χ3v) is 13.5. The van der Waals surface area contributed by atoms with E-state index in [-0.39, 0.29) is 0 Å². The molecule has 1 unspecified atom stereocenters. The summed E-state index contributed by atoms with van der Waals surface area (Å²) in [6.45, 7) is 2.35. The first kappa shape index (κ1) is 35.8. The molecule has 8 aromatic carbocycles.